The van der Waals surface area contributed by atoms with E-state index in [1.54, 1.807) is 24.3 Å². The van der Waals surface area contributed by atoms with Gasteiger partial charge in [0.05, 0.1) is 33.9 Å². The highest BCUT2D eigenvalue weighted by Crippen LogP contribution is 2.57. The van der Waals surface area contributed by atoms with Crippen LogP contribution in [0.15, 0.2) is 115 Å². The third-order valence-electron chi connectivity index (χ3n) is 14.4. The maximum absolute atomic E-state index is 13.4. The summed E-state index contributed by atoms with van der Waals surface area (Å²) < 4.78 is 0. The van der Waals surface area contributed by atoms with E-state index in [1.165, 1.54) is 4.90 Å². The molecule has 0 saturated heterocycles. The SMILES string of the molecule is CCN(CC)C(=O)C1(c2ccccc2)CC1CN.CCN(CC)C(=O)C1(c2ccccc2)CC1CN1C(=O)c2ccccc2C1=O.CCN(CC)C(=O)C1(c2ccccc2)CC1C[NH3+].[Cl-]. The molecule has 1 heterocycles. The Morgan fingerprint density at radius 3 is 1.11 bits per heavy atom. The van der Waals surface area contributed by atoms with Crippen molar-refractivity contribution in [2.75, 3.05) is 58.9 Å². The number of halogens is 1. The summed E-state index contributed by atoms with van der Waals surface area (Å²) in [5, 5.41) is 0. The lowest BCUT2D eigenvalue weighted by atomic mass is 9.91. The molecule has 11 nitrogen and oxygen atoms in total. The Hall–Kier alpha value is -5.36. The van der Waals surface area contributed by atoms with Crippen LogP contribution in [0.1, 0.15) is 98.2 Å². The fourth-order valence-corrected chi connectivity index (χ4v) is 10.3. The molecule has 12 heteroatoms. The summed E-state index contributed by atoms with van der Waals surface area (Å²) in [7, 11) is 0. The maximum Gasteiger partial charge on any atom is 0.261 e. The maximum atomic E-state index is 13.4. The van der Waals surface area contributed by atoms with Crippen molar-refractivity contribution in [1.29, 1.82) is 0 Å². The van der Waals surface area contributed by atoms with Gasteiger partial charge in [0, 0.05) is 51.7 Å². The van der Waals surface area contributed by atoms with Crippen molar-refractivity contribution in [3.8, 4) is 0 Å². The molecule has 3 saturated carbocycles. The number of nitrogens with zero attached hydrogens (tertiary/aromatic N) is 4. The third-order valence-corrected chi connectivity index (χ3v) is 14.4. The van der Waals surface area contributed by atoms with E-state index in [2.05, 4.69) is 30.0 Å². The van der Waals surface area contributed by atoms with Crippen LogP contribution in [-0.4, -0.2) is 108 Å². The van der Waals surface area contributed by atoms with Crippen molar-refractivity contribution in [2.24, 2.45) is 23.5 Å². The zero-order valence-electron chi connectivity index (χ0n) is 39.2. The lowest BCUT2D eigenvalue weighted by Crippen LogP contribution is -3.00. The number of imide groups is 1. The van der Waals surface area contributed by atoms with E-state index in [9.17, 15) is 24.0 Å². The molecule has 0 aromatic heterocycles. The molecule has 65 heavy (non-hydrogen) atoms. The first-order chi connectivity index (χ1) is 30.9. The van der Waals surface area contributed by atoms with Crippen molar-refractivity contribution in [1.82, 2.24) is 19.6 Å². The molecular weight excluding hydrogens is 836 g/mol. The van der Waals surface area contributed by atoms with E-state index < -0.39 is 5.41 Å². The molecule has 0 bridgehead atoms. The van der Waals surface area contributed by atoms with E-state index in [4.69, 9.17) is 5.73 Å². The number of amides is 5. The number of carbonyl (C=O) groups is 5. The van der Waals surface area contributed by atoms with Crippen LogP contribution in [0.25, 0.3) is 0 Å². The van der Waals surface area contributed by atoms with Gasteiger partial charge < -0.3 is 38.6 Å². The van der Waals surface area contributed by atoms with E-state index in [0.717, 1.165) is 62.3 Å². The third kappa shape index (κ3) is 9.51. The van der Waals surface area contributed by atoms with E-state index in [-0.39, 0.29) is 65.2 Å². The average Bonchev–Trinajstić information content (AvgIpc) is 4.29. The summed E-state index contributed by atoms with van der Waals surface area (Å²) in [5.41, 5.74) is 12.7. The second-order valence-corrected chi connectivity index (χ2v) is 17.4. The second-order valence-electron chi connectivity index (χ2n) is 17.4. The number of benzene rings is 4. The minimum absolute atomic E-state index is 0. The lowest BCUT2D eigenvalue weighted by Gasteiger charge is -2.27. The fourth-order valence-electron chi connectivity index (χ4n) is 10.3. The molecule has 8 rings (SSSR count). The van der Waals surface area contributed by atoms with Gasteiger partial charge in [-0.1, -0.05) is 103 Å². The van der Waals surface area contributed by atoms with Gasteiger partial charge in [-0.25, -0.2) is 0 Å². The molecule has 5 N–H and O–H groups in total. The van der Waals surface area contributed by atoms with Gasteiger partial charge in [0.25, 0.3) is 11.8 Å². The number of quaternary nitrogens is 1. The molecule has 0 spiro atoms. The van der Waals surface area contributed by atoms with Crippen molar-refractivity contribution in [3.05, 3.63) is 143 Å². The monoisotopic (exact) mass is 905 g/mol. The van der Waals surface area contributed by atoms with Crippen LogP contribution in [0.2, 0.25) is 0 Å². The summed E-state index contributed by atoms with van der Waals surface area (Å²) in [4.78, 5) is 71.4. The number of fused-ring (bicyclic) bond motifs is 1. The van der Waals surface area contributed by atoms with Crippen molar-refractivity contribution in [3.63, 3.8) is 0 Å². The zero-order valence-corrected chi connectivity index (χ0v) is 39.9. The smallest absolute Gasteiger partial charge is 0.261 e. The number of rotatable bonds is 16. The Morgan fingerprint density at radius 2 is 0.815 bits per heavy atom. The van der Waals surface area contributed by atoms with Crippen molar-refractivity contribution >= 4 is 29.5 Å². The largest absolute Gasteiger partial charge is 1.00 e. The summed E-state index contributed by atoms with van der Waals surface area (Å²) in [6.07, 6.45) is 2.50. The van der Waals surface area contributed by atoms with Gasteiger partial charge in [-0.2, -0.15) is 0 Å². The molecule has 3 aliphatic carbocycles. The topological polar surface area (TPSA) is 152 Å². The Morgan fingerprint density at radius 1 is 0.523 bits per heavy atom. The van der Waals surface area contributed by atoms with Gasteiger partial charge in [-0.05, 0) is 108 Å². The highest BCUT2D eigenvalue weighted by molar-refractivity contribution is 6.21. The van der Waals surface area contributed by atoms with Crippen LogP contribution in [0.4, 0.5) is 0 Å². The van der Waals surface area contributed by atoms with Crippen LogP contribution in [0.3, 0.4) is 0 Å². The van der Waals surface area contributed by atoms with E-state index in [0.29, 0.717) is 49.0 Å². The minimum Gasteiger partial charge on any atom is -1.00 e. The van der Waals surface area contributed by atoms with Crippen LogP contribution in [0.5, 0.6) is 0 Å². The van der Waals surface area contributed by atoms with Crippen LogP contribution < -0.4 is 23.9 Å². The normalized spacial score (nSPS) is 24.2. The predicted octanol–water partition coefficient (Wildman–Crippen LogP) is 2.94. The lowest BCUT2D eigenvalue weighted by molar-refractivity contribution is -0.373. The Kier molecular flexibility index (Phi) is 16.9. The number of carbonyl (C=O) groups excluding carboxylic acids is 5. The van der Waals surface area contributed by atoms with Crippen LogP contribution in [-0.2, 0) is 30.6 Å². The van der Waals surface area contributed by atoms with E-state index >= 15 is 0 Å². The molecule has 0 radical (unpaired) electrons. The first-order valence-corrected chi connectivity index (χ1v) is 23.4. The second kappa shape index (κ2) is 21.8. The highest BCUT2D eigenvalue weighted by atomic mass is 35.5. The molecule has 6 atom stereocenters. The van der Waals surface area contributed by atoms with Crippen LogP contribution in [0, 0.1) is 17.8 Å². The van der Waals surface area contributed by atoms with Gasteiger partial charge in [0.2, 0.25) is 17.7 Å². The molecule has 6 unspecified atom stereocenters. The summed E-state index contributed by atoms with van der Waals surface area (Å²) in [6.45, 7) is 18.2. The van der Waals surface area contributed by atoms with Gasteiger partial charge >= 0.3 is 0 Å². The quantitative estimate of drug-likeness (QED) is 0.165. The molecule has 4 aromatic carbocycles. The molecule has 5 amide bonds. The summed E-state index contributed by atoms with van der Waals surface area (Å²) in [5.74, 6) is 0.743. The standard InChI is InChI=1S/C23H24N2O3.2C15H22N2O.ClH/c1-3-24(4-2)22(28)23(16-10-6-5-7-11-16)14-17(23)15-25-20(26)18-12-8-9-13-19(18)21(25)27;2*1-3-17(4-2)14(18)15(10-13(15)11-16)12-8-6-5-7-9-12;/h5-13,17H,3-4,14-15H2,1-2H3;2*5-9,13H,3-4,10-11,16H2,1-2H3;1H. The first kappa shape index (κ1) is 50.6. The zero-order chi connectivity index (χ0) is 46.2. The summed E-state index contributed by atoms with van der Waals surface area (Å²) >= 11 is 0. The van der Waals surface area contributed by atoms with Gasteiger partial charge in [0.1, 0.15) is 0 Å². The van der Waals surface area contributed by atoms with Crippen molar-refractivity contribution in [2.45, 2.75) is 77.0 Å². The molecule has 4 aromatic rings. The minimum atomic E-state index is -0.650. The first-order valence-electron chi connectivity index (χ1n) is 23.4. The highest BCUT2D eigenvalue weighted by Gasteiger charge is 2.64. The van der Waals surface area contributed by atoms with E-state index in [1.807, 2.05) is 123 Å². The number of nitrogens with two attached hydrogens (primary N) is 1. The molecule has 4 aliphatic rings. The van der Waals surface area contributed by atoms with Gasteiger partial charge in [-0.3, -0.25) is 28.9 Å². The Balaban J connectivity index is 0.000000189. The average molecular weight is 906 g/mol. The predicted molar refractivity (Wildman–Crippen MR) is 251 cm³/mol. The molecular formula is C53H69ClN6O5. The van der Waals surface area contributed by atoms with Crippen molar-refractivity contribution < 1.29 is 42.1 Å². The summed E-state index contributed by atoms with van der Waals surface area (Å²) in [6, 6.07) is 36.9. The number of likely N-dealkylation sites (N-methyl/N-ethyl adjacent to an activating group) is 3. The van der Waals surface area contributed by atoms with Gasteiger partial charge in [0.15, 0.2) is 0 Å². The molecule has 3 fully saturated rings. The number of hydrogen-bond donors (Lipinski definition) is 2. The molecule has 1 aliphatic heterocycles. The number of hydrogen-bond acceptors (Lipinski definition) is 6. The van der Waals surface area contributed by atoms with Gasteiger partial charge in [-0.15, -0.1) is 0 Å². The molecule has 348 valence electrons. The Labute approximate surface area is 392 Å². The fraction of sp³-hybridized carbons (Fsp3) is 0.453. The van der Waals surface area contributed by atoms with Crippen LogP contribution >= 0.6 is 0 Å². The Bertz CT molecular complexity index is 2140.